The molecular formula is C34H41F8N2NaO7S. The summed E-state index contributed by atoms with van der Waals surface area (Å²) in [7, 11) is -4.74. The number of benzene rings is 2. The Hall–Kier alpha value is -2.93. The average molecular weight is 797 g/mol. The van der Waals surface area contributed by atoms with Crippen LogP contribution < -0.4 is 29.6 Å². The summed E-state index contributed by atoms with van der Waals surface area (Å²) < 4.78 is 134. The smallest absolute Gasteiger partial charge is 0.747 e. The van der Waals surface area contributed by atoms with Crippen LogP contribution in [0.25, 0.3) is 0 Å². The van der Waals surface area contributed by atoms with Gasteiger partial charge in [0.25, 0.3) is 0 Å². The van der Waals surface area contributed by atoms with Crippen molar-refractivity contribution in [2.24, 2.45) is 0 Å². The first-order valence-corrected chi connectivity index (χ1v) is 17.0. The second kappa shape index (κ2) is 18.1. The van der Waals surface area contributed by atoms with Gasteiger partial charge in [0, 0.05) is 35.0 Å². The third kappa shape index (κ3) is 12.3. The first kappa shape index (κ1) is 50.1. The Kier molecular flexibility index (Phi) is 17.1. The Bertz CT molecular complexity index is 1730. The van der Waals surface area contributed by atoms with Crippen LogP contribution in [0.4, 0.5) is 35.1 Å². The van der Waals surface area contributed by atoms with Crippen LogP contribution in [0.3, 0.4) is 0 Å². The molecule has 0 radical (unpaired) electrons. The summed E-state index contributed by atoms with van der Waals surface area (Å²) in [5.74, 6) is -13.1. The van der Waals surface area contributed by atoms with Gasteiger partial charge in [0.15, 0.2) is 46.5 Å². The van der Waals surface area contributed by atoms with Crippen LogP contribution in [-0.2, 0) is 34.7 Å². The SMILES string of the molecule is CC(C)(C)N1C(=O)CC(S(=O)(=O)[O-])C1=O.CC(C)(C)N1C(=O)CCC1=O.CC(C)(C)c1cc(F)c(F)c(F)c1F.Cc1c(F)c(F)c(C)c(F)c1F.[Na+]. The van der Waals surface area contributed by atoms with Crippen LogP contribution in [0.15, 0.2) is 6.07 Å². The molecule has 2 fully saturated rings. The van der Waals surface area contributed by atoms with Gasteiger partial charge in [-0.2, -0.15) is 0 Å². The molecule has 53 heavy (non-hydrogen) atoms. The zero-order valence-electron chi connectivity index (χ0n) is 31.5. The predicted octanol–water partition coefficient (Wildman–Crippen LogP) is 3.80. The minimum absolute atomic E-state index is 0. The van der Waals surface area contributed by atoms with Crippen molar-refractivity contribution in [3.63, 3.8) is 0 Å². The summed E-state index contributed by atoms with van der Waals surface area (Å²) in [6.45, 7) is 17.1. The fourth-order valence-electron chi connectivity index (χ4n) is 4.83. The van der Waals surface area contributed by atoms with Crippen LogP contribution in [0, 0.1) is 60.4 Å². The summed E-state index contributed by atoms with van der Waals surface area (Å²) in [5.41, 5.74) is -3.34. The number of halogens is 8. The number of nitrogens with zero attached hydrogens (tertiary/aromatic N) is 2. The largest absolute Gasteiger partial charge is 1.00 e. The first-order valence-electron chi connectivity index (χ1n) is 15.5. The molecule has 0 aromatic heterocycles. The first-order chi connectivity index (χ1) is 23.2. The standard InChI is InChI=1S/C10H10F4.C8H6F4.C8H13NO5S.C8H13NO2.Na/c1-10(2,3)5-4-6(11)8(13)9(14)7(5)12;1-3-5(9)7(11)4(2)8(12)6(3)10;1-8(2,3)9-6(10)4-5(7(9)11)15(12,13)14;1-8(2,3)9-6(10)4-5-7(9)11;/h4H,1-3H3;1-2H3;5H,4H2,1-3H3,(H,12,13,14);4-5H2,1-3H3;/q;;;;+1/p-1. The Balaban J connectivity index is 0.000000680. The van der Waals surface area contributed by atoms with E-state index in [2.05, 4.69) is 0 Å². The zero-order valence-corrected chi connectivity index (χ0v) is 34.3. The number of carbonyl (C=O) groups is 4. The Morgan fingerprint density at radius 3 is 1.21 bits per heavy atom. The summed E-state index contributed by atoms with van der Waals surface area (Å²) in [6, 6.07) is 0.688. The fraction of sp³-hybridized carbons (Fsp3) is 0.529. The normalized spacial score (nSPS) is 16.3. The van der Waals surface area contributed by atoms with Gasteiger partial charge in [-0.3, -0.25) is 29.0 Å². The van der Waals surface area contributed by atoms with E-state index in [9.17, 15) is 67.3 Å². The molecule has 2 aliphatic rings. The van der Waals surface area contributed by atoms with E-state index in [1.165, 1.54) is 4.90 Å². The molecule has 292 valence electrons. The molecule has 2 aliphatic heterocycles. The van der Waals surface area contributed by atoms with Crippen LogP contribution in [-0.4, -0.2) is 62.7 Å². The summed E-state index contributed by atoms with van der Waals surface area (Å²) in [4.78, 5) is 47.4. The predicted molar refractivity (Wildman–Crippen MR) is 171 cm³/mol. The van der Waals surface area contributed by atoms with Crippen molar-refractivity contribution >= 4 is 33.7 Å². The van der Waals surface area contributed by atoms with E-state index in [0.717, 1.165) is 18.7 Å². The van der Waals surface area contributed by atoms with E-state index in [0.29, 0.717) is 18.9 Å². The van der Waals surface area contributed by atoms with E-state index < -0.39 is 102 Å². The van der Waals surface area contributed by atoms with Crippen molar-refractivity contribution in [2.75, 3.05) is 0 Å². The van der Waals surface area contributed by atoms with Crippen molar-refractivity contribution in [3.8, 4) is 0 Å². The number of hydrogen-bond acceptors (Lipinski definition) is 7. The number of hydrogen-bond donors (Lipinski definition) is 0. The minimum atomic E-state index is -4.74. The van der Waals surface area contributed by atoms with E-state index in [1.54, 1.807) is 41.5 Å². The third-order valence-corrected chi connectivity index (χ3v) is 8.53. The Morgan fingerprint density at radius 2 is 0.962 bits per heavy atom. The van der Waals surface area contributed by atoms with Gasteiger partial charge in [-0.05, 0) is 72.4 Å². The number of amides is 4. The zero-order chi connectivity index (χ0) is 41.2. The molecule has 0 saturated carbocycles. The third-order valence-electron chi connectivity index (χ3n) is 7.46. The monoisotopic (exact) mass is 796 g/mol. The average Bonchev–Trinajstić information content (AvgIpc) is 3.51. The van der Waals surface area contributed by atoms with E-state index in [1.807, 2.05) is 20.8 Å². The molecule has 1 unspecified atom stereocenters. The Morgan fingerprint density at radius 1 is 0.604 bits per heavy atom. The van der Waals surface area contributed by atoms with Gasteiger partial charge in [-0.25, -0.2) is 43.5 Å². The number of carbonyl (C=O) groups excluding carboxylic acids is 4. The van der Waals surface area contributed by atoms with Crippen molar-refractivity contribution in [3.05, 3.63) is 69.3 Å². The number of imide groups is 2. The van der Waals surface area contributed by atoms with Crippen molar-refractivity contribution in [2.45, 2.75) is 117 Å². The topological polar surface area (TPSA) is 132 Å². The molecule has 0 N–H and O–H groups in total. The van der Waals surface area contributed by atoms with Crippen LogP contribution in [0.5, 0.6) is 0 Å². The molecule has 9 nitrogen and oxygen atoms in total. The molecular weight excluding hydrogens is 755 g/mol. The molecule has 4 rings (SSSR count). The number of likely N-dealkylation sites (tertiary alicyclic amines) is 2. The maximum atomic E-state index is 13.2. The molecule has 0 aliphatic carbocycles. The fourth-order valence-corrected chi connectivity index (χ4v) is 5.53. The second-order valence-electron chi connectivity index (χ2n) is 14.8. The maximum absolute atomic E-state index is 13.2. The molecule has 19 heteroatoms. The van der Waals surface area contributed by atoms with Gasteiger partial charge >= 0.3 is 29.6 Å². The molecule has 2 saturated heterocycles. The van der Waals surface area contributed by atoms with Crippen molar-refractivity contribution in [1.29, 1.82) is 0 Å². The molecule has 4 amide bonds. The van der Waals surface area contributed by atoms with Gasteiger partial charge in [-0.1, -0.05) is 20.8 Å². The minimum Gasteiger partial charge on any atom is -0.747 e. The van der Waals surface area contributed by atoms with Crippen LogP contribution in [0.2, 0.25) is 0 Å². The van der Waals surface area contributed by atoms with Gasteiger partial charge in [0.2, 0.25) is 23.6 Å². The quantitative estimate of drug-likeness (QED) is 0.107. The van der Waals surface area contributed by atoms with Crippen molar-refractivity contribution < 1.29 is 96.8 Å². The van der Waals surface area contributed by atoms with Crippen LogP contribution in [0.1, 0.15) is 98.3 Å². The van der Waals surface area contributed by atoms with Gasteiger partial charge < -0.3 is 4.55 Å². The molecule has 0 bridgehead atoms. The molecule has 2 heterocycles. The van der Waals surface area contributed by atoms with Crippen molar-refractivity contribution in [1.82, 2.24) is 9.80 Å². The molecule has 1 atom stereocenters. The van der Waals surface area contributed by atoms with E-state index in [4.69, 9.17) is 0 Å². The van der Waals surface area contributed by atoms with E-state index in [-0.39, 0.29) is 52.5 Å². The van der Waals surface area contributed by atoms with Gasteiger partial charge in [0.05, 0.1) is 6.42 Å². The van der Waals surface area contributed by atoms with E-state index >= 15 is 0 Å². The number of rotatable bonds is 1. The van der Waals surface area contributed by atoms with Gasteiger partial charge in [0.1, 0.15) is 15.4 Å². The summed E-state index contributed by atoms with van der Waals surface area (Å²) in [5, 5.41) is -1.75. The summed E-state index contributed by atoms with van der Waals surface area (Å²) >= 11 is 0. The van der Waals surface area contributed by atoms with Crippen LogP contribution >= 0.6 is 0 Å². The van der Waals surface area contributed by atoms with Gasteiger partial charge in [-0.15, -0.1) is 0 Å². The molecule has 2 aromatic rings. The summed E-state index contributed by atoms with van der Waals surface area (Å²) in [6.07, 6.45) is 0.230. The molecule has 0 spiro atoms. The second-order valence-corrected chi connectivity index (χ2v) is 16.4. The Labute approximate surface area is 325 Å². The maximum Gasteiger partial charge on any atom is 1.00 e. The molecule has 2 aromatic carbocycles.